The third kappa shape index (κ3) is 6.21. The van der Waals surface area contributed by atoms with Gasteiger partial charge in [0.25, 0.3) is 0 Å². The smallest absolute Gasteiger partial charge is 0.124 e. The van der Waals surface area contributed by atoms with Gasteiger partial charge in [-0.05, 0) is 71.5 Å². The van der Waals surface area contributed by atoms with Crippen LogP contribution in [0.1, 0.15) is 58.6 Å². The van der Waals surface area contributed by atoms with Gasteiger partial charge in [0.05, 0.1) is 0 Å². The van der Waals surface area contributed by atoms with Gasteiger partial charge in [0.1, 0.15) is 5.82 Å². The normalized spacial score (nSPS) is 13.6. The summed E-state index contributed by atoms with van der Waals surface area (Å²) in [6.07, 6.45) is 3.36. The largest absolute Gasteiger partial charge is 0.310 e. The maximum atomic E-state index is 13.2. The van der Waals surface area contributed by atoms with E-state index in [0.717, 1.165) is 29.4 Å². The molecule has 1 atom stereocenters. The number of rotatable bonds is 6. The maximum Gasteiger partial charge on any atom is 0.124 e. The van der Waals surface area contributed by atoms with E-state index in [2.05, 4.69) is 55.6 Å². The van der Waals surface area contributed by atoms with E-state index in [-0.39, 0.29) is 5.82 Å². The Hall–Kier alpha value is -0.160. The molecule has 1 aromatic rings. The summed E-state index contributed by atoms with van der Waals surface area (Å²) >= 11 is 2.23. The fourth-order valence-electron chi connectivity index (χ4n) is 2.05. The highest BCUT2D eigenvalue weighted by Crippen LogP contribution is 2.30. The van der Waals surface area contributed by atoms with E-state index in [1.165, 1.54) is 5.56 Å². The molecule has 1 aromatic carbocycles. The Labute approximate surface area is 130 Å². The lowest BCUT2D eigenvalue weighted by molar-refractivity contribution is 0.331. The van der Waals surface area contributed by atoms with E-state index < -0.39 is 0 Å². The van der Waals surface area contributed by atoms with Gasteiger partial charge in [-0.3, -0.25) is 0 Å². The Morgan fingerprint density at radius 2 is 2.00 bits per heavy atom. The molecule has 19 heavy (non-hydrogen) atoms. The predicted molar refractivity (Wildman–Crippen MR) is 88.8 cm³/mol. The van der Waals surface area contributed by atoms with Crippen LogP contribution in [0.2, 0.25) is 0 Å². The molecule has 0 spiro atoms. The third-order valence-electron chi connectivity index (χ3n) is 3.16. The van der Waals surface area contributed by atoms with Gasteiger partial charge in [-0.15, -0.1) is 0 Å². The molecule has 0 heterocycles. The quantitative estimate of drug-likeness (QED) is 0.664. The first-order valence-corrected chi connectivity index (χ1v) is 8.09. The first kappa shape index (κ1) is 16.9. The minimum atomic E-state index is -0.154. The first-order valence-electron chi connectivity index (χ1n) is 7.02. The number of benzene rings is 1. The van der Waals surface area contributed by atoms with Crippen LogP contribution in [-0.2, 0) is 0 Å². The lowest BCUT2D eigenvalue weighted by atomic mass is 9.87. The van der Waals surface area contributed by atoms with Crippen LogP contribution in [0.3, 0.4) is 0 Å². The standard InChI is InChI=1S/C16H25FIN/c1-5-10-19-15(8-9-16(2,3)4)13-7-6-12(17)11-14(13)18/h6-7,11,15,19H,5,8-10H2,1-4H3. The average Bonchev–Trinajstić information content (AvgIpc) is 2.29. The molecule has 0 aromatic heterocycles. The van der Waals surface area contributed by atoms with Crippen LogP contribution >= 0.6 is 22.6 Å². The maximum absolute atomic E-state index is 13.2. The summed E-state index contributed by atoms with van der Waals surface area (Å²) in [5, 5.41) is 3.59. The van der Waals surface area contributed by atoms with Crippen molar-refractivity contribution in [3.63, 3.8) is 0 Å². The van der Waals surface area contributed by atoms with E-state index in [4.69, 9.17) is 0 Å². The second-order valence-electron chi connectivity index (χ2n) is 6.27. The van der Waals surface area contributed by atoms with Gasteiger partial charge >= 0.3 is 0 Å². The Bertz CT molecular complexity index is 398. The molecule has 0 bridgehead atoms. The molecular weight excluding hydrogens is 352 g/mol. The molecule has 0 radical (unpaired) electrons. The summed E-state index contributed by atoms with van der Waals surface area (Å²) in [6, 6.07) is 5.43. The van der Waals surface area contributed by atoms with Crippen LogP contribution in [0.25, 0.3) is 0 Å². The molecule has 0 amide bonds. The lowest BCUT2D eigenvalue weighted by Gasteiger charge is -2.25. The molecular formula is C16H25FIN. The summed E-state index contributed by atoms with van der Waals surface area (Å²) in [5.41, 5.74) is 1.55. The molecule has 108 valence electrons. The summed E-state index contributed by atoms with van der Waals surface area (Å²) in [5.74, 6) is -0.154. The summed E-state index contributed by atoms with van der Waals surface area (Å²) < 4.78 is 14.2. The molecule has 3 heteroatoms. The van der Waals surface area contributed by atoms with Gasteiger partial charge < -0.3 is 5.32 Å². The van der Waals surface area contributed by atoms with Gasteiger partial charge in [0, 0.05) is 9.61 Å². The monoisotopic (exact) mass is 377 g/mol. The zero-order chi connectivity index (χ0) is 14.5. The number of hydrogen-bond acceptors (Lipinski definition) is 1. The van der Waals surface area contributed by atoms with E-state index >= 15 is 0 Å². The highest BCUT2D eigenvalue weighted by Gasteiger charge is 2.18. The SMILES string of the molecule is CCCNC(CCC(C)(C)C)c1ccc(F)cc1I. The molecule has 1 rings (SSSR count). The fraction of sp³-hybridized carbons (Fsp3) is 0.625. The Morgan fingerprint density at radius 1 is 1.32 bits per heavy atom. The van der Waals surface area contributed by atoms with Crippen molar-refractivity contribution in [2.75, 3.05) is 6.54 Å². The lowest BCUT2D eigenvalue weighted by Crippen LogP contribution is -2.24. The minimum absolute atomic E-state index is 0.154. The molecule has 0 saturated carbocycles. The van der Waals surface area contributed by atoms with Gasteiger partial charge in [0.2, 0.25) is 0 Å². The number of hydrogen-bond donors (Lipinski definition) is 1. The van der Waals surface area contributed by atoms with E-state index in [1.807, 2.05) is 6.07 Å². The predicted octanol–water partition coefficient (Wildman–Crippen LogP) is 5.30. The van der Waals surface area contributed by atoms with Crippen molar-refractivity contribution >= 4 is 22.6 Å². The van der Waals surface area contributed by atoms with E-state index in [9.17, 15) is 4.39 Å². The van der Waals surface area contributed by atoms with Crippen LogP contribution in [0.5, 0.6) is 0 Å². The van der Waals surface area contributed by atoms with E-state index in [0.29, 0.717) is 11.5 Å². The van der Waals surface area contributed by atoms with Crippen molar-refractivity contribution in [3.8, 4) is 0 Å². The summed E-state index contributed by atoms with van der Waals surface area (Å²) in [4.78, 5) is 0. The van der Waals surface area contributed by atoms with Gasteiger partial charge in [0.15, 0.2) is 0 Å². The van der Waals surface area contributed by atoms with Gasteiger partial charge in [-0.1, -0.05) is 33.8 Å². The topological polar surface area (TPSA) is 12.0 Å². The highest BCUT2D eigenvalue weighted by molar-refractivity contribution is 14.1. The average molecular weight is 377 g/mol. The molecule has 0 fully saturated rings. The van der Waals surface area contributed by atoms with Gasteiger partial charge in [-0.2, -0.15) is 0 Å². The molecule has 0 aliphatic carbocycles. The third-order valence-corrected chi connectivity index (χ3v) is 4.10. The number of halogens is 2. The van der Waals surface area contributed by atoms with Crippen molar-refractivity contribution in [2.45, 2.75) is 53.0 Å². The van der Waals surface area contributed by atoms with Crippen molar-refractivity contribution in [1.29, 1.82) is 0 Å². The highest BCUT2D eigenvalue weighted by atomic mass is 127. The van der Waals surface area contributed by atoms with Crippen LogP contribution < -0.4 is 5.32 Å². The fourth-order valence-corrected chi connectivity index (χ4v) is 2.90. The molecule has 1 nitrogen and oxygen atoms in total. The van der Waals surface area contributed by atoms with Crippen LogP contribution in [0.4, 0.5) is 4.39 Å². The van der Waals surface area contributed by atoms with Crippen LogP contribution in [-0.4, -0.2) is 6.54 Å². The summed E-state index contributed by atoms with van der Waals surface area (Å²) in [6.45, 7) is 9.96. The minimum Gasteiger partial charge on any atom is -0.310 e. The van der Waals surface area contributed by atoms with Crippen LogP contribution in [0.15, 0.2) is 18.2 Å². The molecule has 1 N–H and O–H groups in total. The molecule has 0 aliphatic rings. The van der Waals surface area contributed by atoms with Gasteiger partial charge in [-0.25, -0.2) is 4.39 Å². The Kier molecular flexibility index (Phi) is 6.74. The summed E-state index contributed by atoms with van der Waals surface area (Å²) in [7, 11) is 0. The van der Waals surface area contributed by atoms with E-state index in [1.54, 1.807) is 12.1 Å². The molecule has 0 aliphatic heterocycles. The Morgan fingerprint density at radius 3 is 2.53 bits per heavy atom. The van der Waals surface area contributed by atoms with Crippen molar-refractivity contribution in [3.05, 3.63) is 33.1 Å². The van der Waals surface area contributed by atoms with Crippen LogP contribution in [0, 0.1) is 14.8 Å². The van der Waals surface area contributed by atoms with Crippen molar-refractivity contribution in [2.24, 2.45) is 5.41 Å². The zero-order valence-corrected chi connectivity index (χ0v) is 14.6. The molecule has 0 saturated heterocycles. The second kappa shape index (κ2) is 7.58. The zero-order valence-electron chi connectivity index (χ0n) is 12.4. The Balaban J connectivity index is 2.83. The second-order valence-corrected chi connectivity index (χ2v) is 7.43. The molecule has 1 unspecified atom stereocenters. The first-order chi connectivity index (χ1) is 8.83. The van der Waals surface area contributed by atoms with Crippen molar-refractivity contribution in [1.82, 2.24) is 5.32 Å². The number of nitrogens with one attached hydrogen (secondary N) is 1. The van der Waals surface area contributed by atoms with Crippen molar-refractivity contribution < 1.29 is 4.39 Å².